The fourth-order valence-electron chi connectivity index (χ4n) is 4.55. The number of thiophene rings is 1. The summed E-state index contributed by atoms with van der Waals surface area (Å²) < 4.78 is 14.5. The molecule has 1 amide bonds. The van der Waals surface area contributed by atoms with E-state index < -0.39 is 5.91 Å². The molecule has 1 aliphatic heterocycles. The smallest absolute Gasteiger partial charge is 0.262 e. The van der Waals surface area contributed by atoms with Crippen molar-refractivity contribution in [3.05, 3.63) is 70.3 Å². The first-order valence-electron chi connectivity index (χ1n) is 12.1. The predicted molar refractivity (Wildman–Crippen MR) is 144 cm³/mol. The highest BCUT2D eigenvalue weighted by Gasteiger charge is 2.22. The van der Waals surface area contributed by atoms with Crippen LogP contribution in [0.3, 0.4) is 0 Å². The normalized spacial score (nSPS) is 17.6. The number of likely N-dealkylation sites (tertiary alicyclic amines) is 1. The molecular formula is C27H29ClN4O3S. The lowest BCUT2D eigenvalue weighted by Gasteiger charge is -2.17. The highest BCUT2D eigenvalue weighted by Crippen LogP contribution is 2.37. The highest BCUT2D eigenvalue weighted by atomic mass is 35.5. The summed E-state index contributed by atoms with van der Waals surface area (Å²) in [5.41, 5.74) is 8.27. The van der Waals surface area contributed by atoms with Crippen LogP contribution in [-0.4, -0.2) is 46.6 Å². The number of benzene rings is 2. The molecule has 7 nitrogen and oxygen atoms in total. The van der Waals surface area contributed by atoms with Gasteiger partial charge in [-0.05, 0) is 58.0 Å². The van der Waals surface area contributed by atoms with Gasteiger partial charge in [0.25, 0.3) is 5.91 Å². The van der Waals surface area contributed by atoms with E-state index in [9.17, 15) is 4.79 Å². The molecule has 0 radical (unpaired) electrons. The van der Waals surface area contributed by atoms with E-state index in [1.165, 1.54) is 11.3 Å². The summed E-state index contributed by atoms with van der Waals surface area (Å²) in [6.07, 6.45) is 4.74. The molecule has 2 aromatic carbocycles. The molecule has 2 aromatic heterocycles. The molecule has 2 atom stereocenters. The number of amides is 1. The van der Waals surface area contributed by atoms with Gasteiger partial charge in [0, 0.05) is 29.3 Å². The summed E-state index contributed by atoms with van der Waals surface area (Å²) in [7, 11) is 2.15. The van der Waals surface area contributed by atoms with E-state index in [1.807, 2.05) is 60.0 Å². The Kier molecular flexibility index (Phi) is 7.18. The van der Waals surface area contributed by atoms with Crippen LogP contribution in [0.4, 0.5) is 0 Å². The van der Waals surface area contributed by atoms with E-state index in [2.05, 4.69) is 16.9 Å². The van der Waals surface area contributed by atoms with Gasteiger partial charge in [-0.15, -0.1) is 11.3 Å². The maximum Gasteiger partial charge on any atom is 0.262 e. The monoisotopic (exact) mass is 524 g/mol. The SMILES string of the molecule is C[C@@H](Oc1cc(-n2cnc3ccc(O[C@H]4CCCN(C)CC4)cc32)sc1C(N)=O)c1ccccc1Cl. The molecule has 36 heavy (non-hydrogen) atoms. The molecule has 3 heterocycles. The van der Waals surface area contributed by atoms with Gasteiger partial charge in [-0.1, -0.05) is 29.8 Å². The van der Waals surface area contributed by atoms with Crippen molar-refractivity contribution in [2.75, 3.05) is 20.1 Å². The van der Waals surface area contributed by atoms with Crippen molar-refractivity contribution in [2.24, 2.45) is 5.73 Å². The summed E-state index contributed by atoms with van der Waals surface area (Å²) in [4.78, 5) is 19.5. The third kappa shape index (κ3) is 5.21. The zero-order chi connectivity index (χ0) is 25.2. The van der Waals surface area contributed by atoms with Crippen molar-refractivity contribution in [3.63, 3.8) is 0 Å². The van der Waals surface area contributed by atoms with Gasteiger partial charge in [0.05, 0.1) is 17.1 Å². The molecule has 4 aromatic rings. The van der Waals surface area contributed by atoms with Crippen LogP contribution in [0.15, 0.2) is 54.9 Å². The van der Waals surface area contributed by atoms with E-state index in [0.29, 0.717) is 15.6 Å². The van der Waals surface area contributed by atoms with Crippen LogP contribution in [0.25, 0.3) is 16.0 Å². The van der Waals surface area contributed by atoms with Gasteiger partial charge in [0.2, 0.25) is 0 Å². The Hall–Kier alpha value is -3.07. The average Bonchev–Trinajstić information content (AvgIpc) is 3.40. The Balaban J connectivity index is 1.43. The number of nitrogens with zero attached hydrogens (tertiary/aromatic N) is 3. The molecule has 0 spiro atoms. The van der Waals surface area contributed by atoms with Crippen molar-refractivity contribution in [1.82, 2.24) is 14.5 Å². The first-order valence-corrected chi connectivity index (χ1v) is 13.3. The Morgan fingerprint density at radius 2 is 2.03 bits per heavy atom. The van der Waals surface area contributed by atoms with E-state index in [4.69, 9.17) is 26.8 Å². The lowest BCUT2D eigenvalue weighted by atomic mass is 10.1. The maximum atomic E-state index is 12.3. The summed E-state index contributed by atoms with van der Waals surface area (Å²) >= 11 is 7.61. The van der Waals surface area contributed by atoms with Gasteiger partial charge in [-0.2, -0.15) is 0 Å². The Bertz CT molecular complexity index is 1380. The number of nitrogens with two attached hydrogens (primary N) is 1. The molecule has 9 heteroatoms. The quantitative estimate of drug-likeness (QED) is 0.328. The Labute approximate surface area is 219 Å². The van der Waals surface area contributed by atoms with Crippen molar-refractivity contribution in [2.45, 2.75) is 38.4 Å². The van der Waals surface area contributed by atoms with Gasteiger partial charge in [-0.3, -0.25) is 9.36 Å². The van der Waals surface area contributed by atoms with Gasteiger partial charge in [-0.25, -0.2) is 4.98 Å². The molecule has 5 rings (SSSR count). The molecule has 1 aliphatic rings. The summed E-state index contributed by atoms with van der Waals surface area (Å²) in [6.45, 7) is 4.03. The molecule has 188 valence electrons. The summed E-state index contributed by atoms with van der Waals surface area (Å²) in [6, 6.07) is 15.3. The molecule has 0 bridgehead atoms. The second-order valence-electron chi connectivity index (χ2n) is 9.16. The van der Waals surface area contributed by atoms with E-state index in [-0.39, 0.29) is 12.2 Å². The first-order chi connectivity index (χ1) is 17.4. The third-order valence-electron chi connectivity index (χ3n) is 6.51. The van der Waals surface area contributed by atoms with Gasteiger partial charge in [0.1, 0.15) is 33.8 Å². The standard InChI is InChI=1S/C27H29ClN4O3S/c1-17(20-7-3-4-8-21(20)28)34-24-15-25(36-26(24)27(29)33)32-16-30-22-10-9-19(14-23(22)32)35-18-6-5-12-31(2)13-11-18/h3-4,7-10,14-18H,5-6,11-13H2,1-2H3,(H2,29,33)/t17-,18+/m1/s1. The summed E-state index contributed by atoms with van der Waals surface area (Å²) in [5.74, 6) is 0.695. The van der Waals surface area contributed by atoms with Gasteiger partial charge in [0.15, 0.2) is 0 Å². The Morgan fingerprint density at radius 3 is 2.83 bits per heavy atom. The third-order valence-corrected chi connectivity index (χ3v) is 7.99. The van der Waals surface area contributed by atoms with Crippen molar-refractivity contribution < 1.29 is 14.3 Å². The fourth-order valence-corrected chi connectivity index (χ4v) is 5.77. The number of halogens is 1. The average molecular weight is 525 g/mol. The molecular weight excluding hydrogens is 496 g/mol. The van der Waals surface area contributed by atoms with Crippen molar-refractivity contribution in [1.29, 1.82) is 0 Å². The molecule has 1 fully saturated rings. The topological polar surface area (TPSA) is 82.6 Å². The number of fused-ring (bicyclic) bond motifs is 1. The zero-order valence-electron chi connectivity index (χ0n) is 20.3. The lowest BCUT2D eigenvalue weighted by molar-refractivity contribution is 0.0998. The van der Waals surface area contributed by atoms with Crippen molar-refractivity contribution >= 4 is 39.9 Å². The number of hydrogen-bond acceptors (Lipinski definition) is 6. The second-order valence-corrected chi connectivity index (χ2v) is 10.6. The number of imidazole rings is 1. The van der Waals surface area contributed by atoms with Crippen LogP contribution >= 0.6 is 22.9 Å². The minimum atomic E-state index is -0.542. The van der Waals surface area contributed by atoms with Crippen molar-refractivity contribution in [3.8, 4) is 16.5 Å². The zero-order valence-corrected chi connectivity index (χ0v) is 21.9. The number of hydrogen-bond donors (Lipinski definition) is 1. The molecule has 0 aliphatic carbocycles. The van der Waals surface area contributed by atoms with Gasteiger partial charge < -0.3 is 20.1 Å². The van der Waals surface area contributed by atoms with Crippen LogP contribution in [-0.2, 0) is 0 Å². The minimum Gasteiger partial charge on any atom is -0.490 e. The van der Waals surface area contributed by atoms with E-state index >= 15 is 0 Å². The van der Waals surface area contributed by atoms with Crippen LogP contribution in [0.2, 0.25) is 5.02 Å². The Morgan fingerprint density at radius 1 is 1.19 bits per heavy atom. The predicted octanol–water partition coefficient (Wildman–Crippen LogP) is 5.84. The fraction of sp³-hybridized carbons (Fsp3) is 0.333. The molecule has 2 N–H and O–H groups in total. The van der Waals surface area contributed by atoms with Crippen LogP contribution in [0, 0.1) is 0 Å². The summed E-state index contributed by atoms with van der Waals surface area (Å²) in [5, 5.41) is 1.38. The maximum absolute atomic E-state index is 12.3. The number of aromatic nitrogens is 2. The number of primary amides is 1. The second kappa shape index (κ2) is 10.5. The number of rotatable bonds is 7. The van der Waals surface area contributed by atoms with Crippen LogP contribution in [0.1, 0.15) is 47.5 Å². The lowest BCUT2D eigenvalue weighted by Crippen LogP contribution is -2.21. The van der Waals surface area contributed by atoms with Gasteiger partial charge >= 0.3 is 0 Å². The first kappa shape index (κ1) is 24.6. The molecule has 0 unspecified atom stereocenters. The largest absolute Gasteiger partial charge is 0.490 e. The molecule has 0 saturated carbocycles. The van der Waals surface area contributed by atoms with E-state index in [1.54, 1.807) is 6.33 Å². The van der Waals surface area contributed by atoms with Crippen LogP contribution in [0.5, 0.6) is 11.5 Å². The van der Waals surface area contributed by atoms with Crippen LogP contribution < -0.4 is 15.2 Å². The number of carbonyl (C=O) groups is 1. The molecule has 1 saturated heterocycles. The number of ether oxygens (including phenoxy) is 2. The highest BCUT2D eigenvalue weighted by molar-refractivity contribution is 7.16. The van der Waals surface area contributed by atoms with E-state index in [0.717, 1.165) is 59.7 Å². The number of carbonyl (C=O) groups excluding carboxylic acids is 1. The minimum absolute atomic E-state index is 0.193.